The van der Waals surface area contributed by atoms with E-state index in [9.17, 15) is 9.59 Å². The van der Waals surface area contributed by atoms with Crippen LogP contribution in [-0.4, -0.2) is 29.8 Å². The van der Waals surface area contributed by atoms with Crippen molar-refractivity contribution in [3.05, 3.63) is 44.8 Å². The summed E-state index contributed by atoms with van der Waals surface area (Å²) in [4.78, 5) is 35.1. The third kappa shape index (κ3) is 3.96. The number of aromatic nitrogens is 2. The van der Waals surface area contributed by atoms with Crippen LogP contribution < -0.4 is 25.2 Å². The number of rotatable bonds is 12. The molecular formula is C29H32N2O5. The molecule has 5 aromatic rings. The maximum atomic E-state index is 14.1. The number of aromatic amines is 1. The number of nitrogens with one attached hydrogen (secondary N) is 1. The molecule has 36 heavy (non-hydrogen) atoms. The lowest BCUT2D eigenvalue weighted by Crippen LogP contribution is -2.16. The van der Waals surface area contributed by atoms with Crippen LogP contribution in [0.3, 0.4) is 0 Å². The SMILES string of the molecule is CCCCOc1ccc2nc(=O)c3c(OCCCC)[nH]c4ccc(OCCCC)c5c(=O)c1c2c3c45. The monoisotopic (exact) mass is 488 g/mol. The van der Waals surface area contributed by atoms with E-state index >= 15 is 0 Å². The van der Waals surface area contributed by atoms with Crippen LogP contribution >= 0.6 is 0 Å². The third-order valence-corrected chi connectivity index (χ3v) is 6.68. The number of unbranched alkanes of at least 4 members (excludes halogenated alkanes) is 3. The van der Waals surface area contributed by atoms with Crippen molar-refractivity contribution in [2.45, 2.75) is 59.3 Å². The highest BCUT2D eigenvalue weighted by Gasteiger charge is 2.26. The molecule has 3 aromatic carbocycles. The maximum absolute atomic E-state index is 14.1. The highest BCUT2D eigenvalue weighted by Crippen LogP contribution is 2.43. The van der Waals surface area contributed by atoms with Crippen molar-refractivity contribution in [1.29, 1.82) is 0 Å². The molecule has 0 fully saturated rings. The third-order valence-electron chi connectivity index (χ3n) is 6.68. The van der Waals surface area contributed by atoms with Gasteiger partial charge in [0, 0.05) is 21.7 Å². The van der Waals surface area contributed by atoms with E-state index in [1.807, 2.05) is 12.1 Å². The minimum atomic E-state index is -0.384. The maximum Gasteiger partial charge on any atom is 0.283 e. The smallest absolute Gasteiger partial charge is 0.283 e. The fourth-order valence-corrected chi connectivity index (χ4v) is 4.81. The van der Waals surface area contributed by atoms with Gasteiger partial charge < -0.3 is 19.2 Å². The minimum absolute atomic E-state index is 0.175. The number of ether oxygens (including phenoxy) is 3. The standard InChI is InChI=1S/C29H32N2O5/c1-4-7-14-34-19-12-10-17-21-23(19)27(32)24-20(35-15-8-5-2)13-11-18-22(24)25(21)26(28(33)30-17)29(31-18)36-16-9-6-3/h10-13,31H,4-9,14-16H2,1-3H3. The number of hydrogen-bond acceptors (Lipinski definition) is 6. The molecule has 1 N–H and O–H groups in total. The predicted molar refractivity (Wildman–Crippen MR) is 145 cm³/mol. The van der Waals surface area contributed by atoms with Gasteiger partial charge >= 0.3 is 0 Å². The van der Waals surface area contributed by atoms with Crippen molar-refractivity contribution < 1.29 is 14.2 Å². The summed E-state index contributed by atoms with van der Waals surface area (Å²) in [6.45, 7) is 7.76. The van der Waals surface area contributed by atoms with Crippen molar-refractivity contribution in [3.63, 3.8) is 0 Å². The molecule has 7 nitrogen and oxygen atoms in total. The Hall–Kier alpha value is -3.61. The molecular weight excluding hydrogens is 456 g/mol. The Bertz CT molecular complexity index is 1580. The molecule has 0 saturated carbocycles. The van der Waals surface area contributed by atoms with Gasteiger partial charge in [-0.3, -0.25) is 9.59 Å². The van der Waals surface area contributed by atoms with E-state index in [1.165, 1.54) is 0 Å². The molecule has 0 amide bonds. The summed E-state index contributed by atoms with van der Waals surface area (Å²) in [5.41, 5.74) is 0.639. The summed E-state index contributed by atoms with van der Waals surface area (Å²) >= 11 is 0. The highest BCUT2D eigenvalue weighted by molar-refractivity contribution is 6.32. The molecule has 2 heterocycles. The van der Waals surface area contributed by atoms with E-state index < -0.39 is 0 Å². The minimum Gasteiger partial charge on any atom is -0.493 e. The zero-order chi connectivity index (χ0) is 25.2. The van der Waals surface area contributed by atoms with Crippen LogP contribution in [0.4, 0.5) is 0 Å². The Balaban J connectivity index is 1.91. The van der Waals surface area contributed by atoms with Crippen molar-refractivity contribution in [1.82, 2.24) is 9.97 Å². The average Bonchev–Trinajstić information content (AvgIpc) is 2.88. The Kier molecular flexibility index (Phi) is 6.81. The van der Waals surface area contributed by atoms with Crippen LogP contribution in [0.2, 0.25) is 0 Å². The van der Waals surface area contributed by atoms with Crippen LogP contribution in [0.5, 0.6) is 17.4 Å². The summed E-state index contributed by atoms with van der Waals surface area (Å²) < 4.78 is 18.3. The van der Waals surface area contributed by atoms with E-state index in [4.69, 9.17) is 14.2 Å². The van der Waals surface area contributed by atoms with Crippen molar-refractivity contribution in [2.75, 3.05) is 19.8 Å². The van der Waals surface area contributed by atoms with Gasteiger partial charge in [0.25, 0.3) is 5.56 Å². The molecule has 5 rings (SSSR count). The van der Waals surface area contributed by atoms with Crippen molar-refractivity contribution in [3.8, 4) is 17.4 Å². The van der Waals surface area contributed by atoms with Gasteiger partial charge in [-0.2, -0.15) is 0 Å². The normalized spacial score (nSPS) is 11.9. The topological polar surface area (TPSA) is 90.5 Å². The summed E-state index contributed by atoms with van der Waals surface area (Å²) in [6.07, 6.45) is 5.54. The zero-order valence-corrected chi connectivity index (χ0v) is 21.2. The molecule has 0 aliphatic carbocycles. The van der Waals surface area contributed by atoms with Gasteiger partial charge in [-0.15, -0.1) is 0 Å². The van der Waals surface area contributed by atoms with Gasteiger partial charge in [0.05, 0.1) is 36.1 Å². The average molecular weight is 489 g/mol. The number of hydrogen-bond donors (Lipinski definition) is 1. The van der Waals surface area contributed by atoms with E-state index in [0.717, 1.165) is 44.0 Å². The molecule has 188 valence electrons. The van der Waals surface area contributed by atoms with E-state index in [2.05, 4.69) is 30.7 Å². The van der Waals surface area contributed by atoms with Crippen LogP contribution in [0.1, 0.15) is 59.3 Å². The van der Waals surface area contributed by atoms with Gasteiger partial charge in [-0.1, -0.05) is 40.0 Å². The van der Waals surface area contributed by atoms with Crippen LogP contribution in [0.25, 0.3) is 43.4 Å². The van der Waals surface area contributed by atoms with Gasteiger partial charge in [0.15, 0.2) is 0 Å². The van der Waals surface area contributed by atoms with Crippen molar-refractivity contribution in [2.24, 2.45) is 0 Å². The Morgan fingerprint density at radius 2 is 1.25 bits per heavy atom. The first-order valence-corrected chi connectivity index (χ1v) is 13.0. The zero-order valence-electron chi connectivity index (χ0n) is 21.2. The van der Waals surface area contributed by atoms with E-state index in [-0.39, 0.29) is 11.0 Å². The van der Waals surface area contributed by atoms with Gasteiger partial charge in [-0.05, 0) is 43.5 Å². The fraction of sp³-hybridized carbons (Fsp3) is 0.414. The molecule has 0 saturated heterocycles. The van der Waals surface area contributed by atoms with Crippen LogP contribution in [-0.2, 0) is 0 Å². The highest BCUT2D eigenvalue weighted by atomic mass is 16.5. The molecule has 0 spiro atoms. The second-order valence-corrected chi connectivity index (χ2v) is 9.25. The first kappa shape index (κ1) is 24.1. The van der Waals surface area contributed by atoms with Gasteiger partial charge in [-0.25, -0.2) is 4.98 Å². The summed E-state index contributed by atoms with van der Waals surface area (Å²) in [5.74, 6) is 1.40. The predicted octanol–water partition coefficient (Wildman–Crippen LogP) is 6.16. The fourth-order valence-electron chi connectivity index (χ4n) is 4.81. The molecule has 0 bridgehead atoms. The Labute approximate surface area is 209 Å². The first-order valence-electron chi connectivity index (χ1n) is 13.0. The molecule has 0 radical (unpaired) electrons. The summed E-state index contributed by atoms with van der Waals surface area (Å²) in [7, 11) is 0. The summed E-state index contributed by atoms with van der Waals surface area (Å²) in [5, 5.41) is 3.24. The largest absolute Gasteiger partial charge is 0.493 e. The molecule has 0 atom stereocenters. The number of H-pyrrole nitrogens is 1. The Morgan fingerprint density at radius 1 is 0.667 bits per heavy atom. The number of pyridine rings is 2. The molecule has 7 heteroatoms. The quantitative estimate of drug-likeness (QED) is 0.129. The lowest BCUT2D eigenvalue weighted by atomic mass is 9.92. The van der Waals surface area contributed by atoms with E-state index in [1.54, 1.807) is 12.1 Å². The Morgan fingerprint density at radius 3 is 1.89 bits per heavy atom. The number of nitrogens with zero attached hydrogens (tertiary/aromatic N) is 1. The number of benzene rings is 3. The molecule has 0 unspecified atom stereocenters. The lowest BCUT2D eigenvalue weighted by Gasteiger charge is -2.19. The second-order valence-electron chi connectivity index (χ2n) is 9.25. The lowest BCUT2D eigenvalue weighted by molar-refractivity contribution is 0.302. The van der Waals surface area contributed by atoms with Crippen LogP contribution in [0.15, 0.2) is 33.9 Å². The first-order chi connectivity index (χ1) is 17.6. The van der Waals surface area contributed by atoms with Gasteiger partial charge in [0.1, 0.15) is 16.9 Å². The molecule has 0 aliphatic rings. The summed E-state index contributed by atoms with van der Waals surface area (Å²) in [6, 6.07) is 7.23. The molecule has 0 aliphatic heterocycles. The van der Waals surface area contributed by atoms with Crippen molar-refractivity contribution >= 4 is 43.4 Å². The van der Waals surface area contributed by atoms with Gasteiger partial charge in [0.2, 0.25) is 11.3 Å². The second kappa shape index (κ2) is 10.2. The molecule has 2 aromatic heterocycles. The van der Waals surface area contributed by atoms with Crippen LogP contribution in [0, 0.1) is 0 Å². The van der Waals surface area contributed by atoms with E-state index in [0.29, 0.717) is 75.0 Å².